The molecular weight excluding hydrogens is 925 g/mol. The highest BCUT2D eigenvalue weighted by Gasteiger charge is 2.19. The van der Waals surface area contributed by atoms with Crippen LogP contribution in [0, 0.1) is 0 Å². The van der Waals surface area contributed by atoms with Crippen LogP contribution in [0.4, 0.5) is 0 Å². The number of hydrogen-bond donors (Lipinski definition) is 0. The number of ether oxygens (including phenoxy) is 3. The molecule has 0 aliphatic rings. The van der Waals surface area contributed by atoms with Gasteiger partial charge in [0.05, 0.1) is 0 Å². The lowest BCUT2D eigenvalue weighted by molar-refractivity contribution is -0.167. The van der Waals surface area contributed by atoms with Crippen molar-refractivity contribution in [2.24, 2.45) is 0 Å². The highest BCUT2D eigenvalue weighted by atomic mass is 16.6. The average Bonchev–Trinajstić information content (AvgIpc) is 3.41. The number of unbranched alkanes of at least 4 members (excludes halogenated alkanes) is 36. The Bertz CT molecular complexity index is 1390. The quantitative estimate of drug-likeness (QED) is 0.0261. The molecule has 6 heteroatoms. The van der Waals surface area contributed by atoms with Crippen molar-refractivity contribution in [1.82, 2.24) is 0 Å². The van der Waals surface area contributed by atoms with Gasteiger partial charge in [-0.1, -0.05) is 273 Å². The summed E-state index contributed by atoms with van der Waals surface area (Å²) in [5.74, 6) is -0.912. The minimum absolute atomic E-state index is 0.0858. The molecule has 1 unspecified atom stereocenters. The van der Waals surface area contributed by atoms with Crippen LogP contribution in [-0.4, -0.2) is 37.2 Å². The van der Waals surface area contributed by atoms with Gasteiger partial charge in [0.1, 0.15) is 13.2 Å². The minimum atomic E-state index is -0.791. The normalized spacial score (nSPS) is 12.5. The molecule has 0 aliphatic carbocycles. The van der Waals surface area contributed by atoms with Crippen molar-refractivity contribution < 1.29 is 28.6 Å². The van der Waals surface area contributed by atoms with E-state index < -0.39 is 6.10 Å². The van der Waals surface area contributed by atoms with Crippen LogP contribution in [0.3, 0.4) is 0 Å². The smallest absolute Gasteiger partial charge is 0.306 e. The number of carbonyl (C=O) groups excluding carboxylic acids is 3. The maximum absolute atomic E-state index is 12.9. The summed E-state index contributed by atoms with van der Waals surface area (Å²) in [5, 5.41) is 0. The molecule has 0 N–H and O–H groups in total. The maximum atomic E-state index is 12.9. The molecule has 0 spiro atoms. The maximum Gasteiger partial charge on any atom is 0.306 e. The third kappa shape index (κ3) is 61.6. The van der Waals surface area contributed by atoms with Crippen molar-refractivity contribution >= 4 is 17.9 Å². The van der Waals surface area contributed by atoms with Crippen molar-refractivity contribution in [2.45, 2.75) is 335 Å². The van der Waals surface area contributed by atoms with Gasteiger partial charge < -0.3 is 14.2 Å². The molecule has 6 nitrogen and oxygen atoms in total. The van der Waals surface area contributed by atoms with E-state index in [9.17, 15) is 14.4 Å². The summed E-state index contributed by atoms with van der Waals surface area (Å²) in [5.41, 5.74) is 0. The van der Waals surface area contributed by atoms with E-state index in [4.69, 9.17) is 14.2 Å². The summed E-state index contributed by atoms with van der Waals surface area (Å²) in [6.07, 6.45) is 82.1. The molecule has 0 rings (SSSR count). The molecule has 0 heterocycles. The van der Waals surface area contributed by atoms with E-state index in [-0.39, 0.29) is 31.1 Å². The van der Waals surface area contributed by atoms with Gasteiger partial charge in [-0.3, -0.25) is 14.4 Å². The summed E-state index contributed by atoms with van der Waals surface area (Å²) in [6, 6.07) is 0. The predicted octanol–water partition coefficient (Wildman–Crippen LogP) is 22.1. The fourth-order valence-corrected chi connectivity index (χ4v) is 9.31. The van der Waals surface area contributed by atoms with Gasteiger partial charge in [-0.2, -0.15) is 0 Å². The average molecular weight is 1050 g/mol. The lowest BCUT2D eigenvalue weighted by Crippen LogP contribution is -2.30. The molecule has 0 aromatic carbocycles. The second-order valence-electron chi connectivity index (χ2n) is 21.6. The summed E-state index contributed by atoms with van der Waals surface area (Å²) < 4.78 is 16.9. The van der Waals surface area contributed by atoms with Gasteiger partial charge >= 0.3 is 17.9 Å². The second-order valence-corrected chi connectivity index (χ2v) is 21.6. The molecule has 0 saturated heterocycles. The first kappa shape index (κ1) is 71.8. The zero-order valence-electron chi connectivity index (χ0n) is 49.8. The van der Waals surface area contributed by atoms with Gasteiger partial charge in [0.15, 0.2) is 6.10 Å². The standard InChI is InChI=1S/C69H122O6/c1-4-7-10-13-16-19-22-25-27-28-29-30-31-32-33-34-35-36-37-38-39-40-42-44-47-50-53-56-59-62-68(71)74-65-66(64-73-67(70)61-58-55-52-49-46-43-24-21-18-15-12-9-6-3)75-69(72)63-60-57-54-51-48-45-41-26-23-20-17-14-11-8-5-2/h9,12,18,21-22,25-26,28-29,41,43,46,66H,4-8,10-11,13-17,19-20,23-24,27,30-40,42,44-45,47-65H2,1-3H3/b12-9-,21-18-,25-22-,29-28-,41-26-,46-43-. The molecule has 0 aromatic heterocycles. The first-order valence-electron chi connectivity index (χ1n) is 32.4. The third-order valence-electron chi connectivity index (χ3n) is 14.2. The van der Waals surface area contributed by atoms with Crippen molar-refractivity contribution in [3.8, 4) is 0 Å². The molecule has 1 atom stereocenters. The molecule has 75 heavy (non-hydrogen) atoms. The van der Waals surface area contributed by atoms with Gasteiger partial charge in [0.2, 0.25) is 0 Å². The van der Waals surface area contributed by atoms with Crippen LogP contribution in [-0.2, 0) is 28.6 Å². The molecule has 0 fully saturated rings. The summed E-state index contributed by atoms with van der Waals surface area (Å²) in [4.78, 5) is 38.2. The Balaban J connectivity index is 4.21. The van der Waals surface area contributed by atoms with Crippen LogP contribution in [0.15, 0.2) is 72.9 Å². The van der Waals surface area contributed by atoms with Crippen molar-refractivity contribution in [2.75, 3.05) is 13.2 Å². The summed E-state index contributed by atoms with van der Waals surface area (Å²) in [7, 11) is 0. The Labute approximate surface area is 465 Å². The van der Waals surface area contributed by atoms with Gasteiger partial charge in [-0.05, 0) is 109 Å². The number of esters is 3. The summed E-state index contributed by atoms with van der Waals surface area (Å²) in [6.45, 7) is 6.51. The van der Waals surface area contributed by atoms with E-state index in [0.717, 1.165) is 103 Å². The highest BCUT2D eigenvalue weighted by molar-refractivity contribution is 5.71. The van der Waals surface area contributed by atoms with E-state index in [1.165, 1.54) is 186 Å². The van der Waals surface area contributed by atoms with Gasteiger partial charge in [-0.25, -0.2) is 0 Å². The van der Waals surface area contributed by atoms with Crippen LogP contribution >= 0.6 is 0 Å². The van der Waals surface area contributed by atoms with Crippen LogP contribution in [0.2, 0.25) is 0 Å². The lowest BCUT2D eigenvalue weighted by Gasteiger charge is -2.18. The third-order valence-corrected chi connectivity index (χ3v) is 14.2. The summed E-state index contributed by atoms with van der Waals surface area (Å²) >= 11 is 0. The van der Waals surface area contributed by atoms with Crippen molar-refractivity contribution in [3.05, 3.63) is 72.9 Å². The Morgan fingerprint density at radius 3 is 0.840 bits per heavy atom. The SMILES string of the molecule is CC/C=C\C/C=C\C/C=C\CCCCCC(=O)OCC(COC(=O)CCCCCCCCCCCCCCCCCCC/C=C\C/C=C\CCCCCCC)OC(=O)CCCCCCC/C=C\CCCCCCCC. The van der Waals surface area contributed by atoms with Crippen LogP contribution in [0.5, 0.6) is 0 Å². The Morgan fingerprint density at radius 2 is 0.520 bits per heavy atom. The van der Waals surface area contributed by atoms with Gasteiger partial charge in [0, 0.05) is 19.3 Å². The molecule has 0 aromatic rings. The fraction of sp³-hybridized carbons (Fsp3) is 0.783. The fourth-order valence-electron chi connectivity index (χ4n) is 9.31. The lowest BCUT2D eigenvalue weighted by atomic mass is 10.0. The largest absolute Gasteiger partial charge is 0.462 e. The molecule has 434 valence electrons. The highest BCUT2D eigenvalue weighted by Crippen LogP contribution is 2.17. The minimum Gasteiger partial charge on any atom is -0.462 e. The van der Waals surface area contributed by atoms with E-state index in [0.29, 0.717) is 19.3 Å². The molecule has 0 aliphatic heterocycles. The first-order valence-corrected chi connectivity index (χ1v) is 32.4. The molecular formula is C69H122O6. The van der Waals surface area contributed by atoms with Crippen LogP contribution in [0.25, 0.3) is 0 Å². The Kier molecular flexibility index (Phi) is 60.7. The number of carbonyl (C=O) groups is 3. The van der Waals surface area contributed by atoms with Crippen molar-refractivity contribution in [3.63, 3.8) is 0 Å². The molecule has 0 radical (unpaired) electrons. The van der Waals surface area contributed by atoms with Crippen molar-refractivity contribution in [1.29, 1.82) is 0 Å². The number of allylic oxidation sites excluding steroid dienone is 12. The monoisotopic (exact) mass is 1050 g/mol. The molecule has 0 amide bonds. The zero-order chi connectivity index (χ0) is 54.3. The molecule has 0 bridgehead atoms. The zero-order valence-corrected chi connectivity index (χ0v) is 49.8. The number of rotatable bonds is 59. The van der Waals surface area contributed by atoms with E-state index in [1.54, 1.807) is 0 Å². The first-order chi connectivity index (χ1) is 37.0. The Morgan fingerprint density at radius 1 is 0.280 bits per heavy atom. The second kappa shape index (κ2) is 63.4. The Hall–Kier alpha value is -3.15. The van der Waals surface area contributed by atoms with Crippen LogP contribution in [0.1, 0.15) is 329 Å². The molecule has 0 saturated carbocycles. The number of hydrogen-bond acceptors (Lipinski definition) is 6. The van der Waals surface area contributed by atoms with Gasteiger partial charge in [-0.15, -0.1) is 0 Å². The van der Waals surface area contributed by atoms with Gasteiger partial charge in [0.25, 0.3) is 0 Å². The van der Waals surface area contributed by atoms with E-state index in [2.05, 4.69) is 93.7 Å². The predicted molar refractivity (Wildman–Crippen MR) is 325 cm³/mol. The topological polar surface area (TPSA) is 78.9 Å². The van der Waals surface area contributed by atoms with Crippen LogP contribution < -0.4 is 0 Å². The van der Waals surface area contributed by atoms with E-state index in [1.807, 2.05) is 0 Å². The van der Waals surface area contributed by atoms with E-state index >= 15 is 0 Å².